The van der Waals surface area contributed by atoms with Gasteiger partial charge in [-0.1, -0.05) is 19.3 Å². The van der Waals surface area contributed by atoms with Gasteiger partial charge in [-0.25, -0.2) is 4.98 Å². The third-order valence-electron chi connectivity index (χ3n) is 4.16. The van der Waals surface area contributed by atoms with E-state index in [1.807, 2.05) is 12.5 Å². The molecule has 1 unspecified atom stereocenters. The first-order valence-electron chi connectivity index (χ1n) is 7.09. The van der Waals surface area contributed by atoms with Crippen LogP contribution in [-0.2, 0) is 9.47 Å². The Morgan fingerprint density at radius 1 is 1.32 bits per heavy atom. The fourth-order valence-corrected chi connectivity index (χ4v) is 3.16. The molecule has 1 heterocycles. The Balaban J connectivity index is 2.20. The minimum absolute atomic E-state index is 0.297. The molecule has 0 amide bonds. The molecule has 1 aliphatic carbocycles. The molecule has 0 bridgehead atoms. The van der Waals surface area contributed by atoms with Crippen LogP contribution in [0.15, 0.2) is 12.5 Å². The molecule has 108 valence electrons. The van der Waals surface area contributed by atoms with Gasteiger partial charge >= 0.3 is 0 Å². The number of nitrogens with zero attached hydrogens (tertiary/aromatic N) is 2. The Morgan fingerprint density at radius 3 is 2.58 bits per heavy atom. The highest BCUT2D eigenvalue weighted by molar-refractivity contribution is 5.03. The SMILES string of the molecule is COC(OC)c1cncn1C(CN)C1CCCCC1. The lowest BCUT2D eigenvalue weighted by Gasteiger charge is -2.32. The molecule has 0 aliphatic heterocycles. The van der Waals surface area contributed by atoms with Crippen molar-refractivity contribution in [3.05, 3.63) is 18.2 Å². The smallest absolute Gasteiger partial charge is 0.200 e. The highest BCUT2D eigenvalue weighted by atomic mass is 16.7. The fraction of sp³-hybridized carbons (Fsp3) is 0.786. The fourth-order valence-electron chi connectivity index (χ4n) is 3.16. The van der Waals surface area contributed by atoms with E-state index in [-0.39, 0.29) is 6.29 Å². The number of hydrogen-bond acceptors (Lipinski definition) is 4. The third-order valence-corrected chi connectivity index (χ3v) is 4.16. The van der Waals surface area contributed by atoms with Gasteiger partial charge in [0.1, 0.15) is 0 Å². The molecule has 5 nitrogen and oxygen atoms in total. The molecule has 0 radical (unpaired) electrons. The number of methoxy groups -OCH3 is 2. The zero-order valence-corrected chi connectivity index (χ0v) is 11.9. The van der Waals surface area contributed by atoms with Gasteiger partial charge in [-0.2, -0.15) is 0 Å². The van der Waals surface area contributed by atoms with E-state index < -0.39 is 0 Å². The monoisotopic (exact) mass is 267 g/mol. The molecule has 1 aromatic heterocycles. The summed E-state index contributed by atoms with van der Waals surface area (Å²) in [5, 5.41) is 0. The van der Waals surface area contributed by atoms with E-state index in [2.05, 4.69) is 9.55 Å². The van der Waals surface area contributed by atoms with Crippen LogP contribution in [0.25, 0.3) is 0 Å². The van der Waals surface area contributed by atoms with Crippen LogP contribution in [0.5, 0.6) is 0 Å². The van der Waals surface area contributed by atoms with E-state index in [9.17, 15) is 0 Å². The van der Waals surface area contributed by atoms with Crippen molar-refractivity contribution in [3.63, 3.8) is 0 Å². The molecule has 0 spiro atoms. The molecule has 1 atom stereocenters. The third kappa shape index (κ3) is 3.16. The predicted octanol–water partition coefficient (Wildman–Crippen LogP) is 2.25. The first-order valence-corrected chi connectivity index (χ1v) is 7.09. The zero-order chi connectivity index (χ0) is 13.7. The maximum atomic E-state index is 6.02. The molecule has 1 saturated carbocycles. The second kappa shape index (κ2) is 7.03. The summed E-state index contributed by atoms with van der Waals surface area (Å²) in [7, 11) is 3.28. The second-order valence-electron chi connectivity index (χ2n) is 5.23. The summed E-state index contributed by atoms with van der Waals surface area (Å²) < 4.78 is 12.8. The maximum absolute atomic E-state index is 6.02. The Morgan fingerprint density at radius 2 is 2.00 bits per heavy atom. The summed E-state index contributed by atoms with van der Waals surface area (Å²) in [5.74, 6) is 0.640. The summed E-state index contributed by atoms with van der Waals surface area (Å²) in [6, 6.07) is 0.297. The number of ether oxygens (including phenoxy) is 2. The average molecular weight is 267 g/mol. The van der Waals surface area contributed by atoms with Gasteiger partial charge in [-0.15, -0.1) is 0 Å². The van der Waals surface area contributed by atoms with Crippen LogP contribution in [0.4, 0.5) is 0 Å². The van der Waals surface area contributed by atoms with Crippen LogP contribution in [0.2, 0.25) is 0 Å². The van der Waals surface area contributed by atoms with Gasteiger partial charge in [0.25, 0.3) is 0 Å². The zero-order valence-electron chi connectivity index (χ0n) is 11.9. The number of nitrogens with two attached hydrogens (primary N) is 1. The van der Waals surface area contributed by atoms with Crippen molar-refractivity contribution in [2.45, 2.75) is 44.4 Å². The van der Waals surface area contributed by atoms with E-state index in [1.165, 1.54) is 32.1 Å². The molecule has 1 aromatic rings. The van der Waals surface area contributed by atoms with E-state index in [0.29, 0.717) is 18.5 Å². The van der Waals surface area contributed by atoms with Gasteiger partial charge in [0, 0.05) is 20.8 Å². The van der Waals surface area contributed by atoms with Crippen molar-refractivity contribution in [2.24, 2.45) is 11.7 Å². The number of rotatable bonds is 6. The largest absolute Gasteiger partial charge is 0.350 e. The van der Waals surface area contributed by atoms with Gasteiger partial charge in [0.05, 0.1) is 24.3 Å². The topological polar surface area (TPSA) is 62.3 Å². The van der Waals surface area contributed by atoms with Crippen LogP contribution in [-0.4, -0.2) is 30.3 Å². The highest BCUT2D eigenvalue weighted by Crippen LogP contribution is 2.34. The maximum Gasteiger partial charge on any atom is 0.200 e. The minimum atomic E-state index is -0.375. The number of hydrogen-bond donors (Lipinski definition) is 1. The van der Waals surface area contributed by atoms with Crippen LogP contribution in [0.3, 0.4) is 0 Å². The molecule has 2 rings (SSSR count). The van der Waals surface area contributed by atoms with Crippen LogP contribution in [0.1, 0.15) is 50.1 Å². The van der Waals surface area contributed by atoms with E-state index in [4.69, 9.17) is 15.2 Å². The normalized spacial score (nSPS) is 18.9. The van der Waals surface area contributed by atoms with E-state index >= 15 is 0 Å². The van der Waals surface area contributed by atoms with Crippen LogP contribution in [0, 0.1) is 5.92 Å². The average Bonchev–Trinajstić information content (AvgIpc) is 2.92. The lowest BCUT2D eigenvalue weighted by atomic mass is 9.83. The molecule has 0 saturated heterocycles. The van der Waals surface area contributed by atoms with Gasteiger partial charge < -0.3 is 19.8 Å². The first-order chi connectivity index (χ1) is 9.31. The summed E-state index contributed by atoms with van der Waals surface area (Å²) in [6.07, 6.45) is 9.76. The van der Waals surface area contributed by atoms with Crippen molar-refractivity contribution >= 4 is 0 Å². The van der Waals surface area contributed by atoms with Gasteiger partial charge in [-0.3, -0.25) is 0 Å². The van der Waals surface area contributed by atoms with Crippen LogP contribution >= 0.6 is 0 Å². The van der Waals surface area contributed by atoms with E-state index in [0.717, 1.165) is 5.69 Å². The molecule has 2 N–H and O–H groups in total. The van der Waals surface area contributed by atoms with Crippen molar-refractivity contribution in [1.82, 2.24) is 9.55 Å². The summed E-state index contributed by atoms with van der Waals surface area (Å²) in [6.45, 7) is 0.633. The molecule has 0 aromatic carbocycles. The minimum Gasteiger partial charge on any atom is -0.350 e. The molecule has 19 heavy (non-hydrogen) atoms. The number of aromatic nitrogens is 2. The first kappa shape index (κ1) is 14.5. The summed E-state index contributed by atoms with van der Waals surface area (Å²) in [5.41, 5.74) is 6.97. The van der Waals surface area contributed by atoms with Gasteiger partial charge in [-0.05, 0) is 18.8 Å². The predicted molar refractivity (Wildman–Crippen MR) is 73.7 cm³/mol. The Labute approximate surface area is 115 Å². The summed E-state index contributed by atoms with van der Waals surface area (Å²) >= 11 is 0. The molecule has 1 aliphatic rings. The van der Waals surface area contributed by atoms with Crippen molar-refractivity contribution in [2.75, 3.05) is 20.8 Å². The Bertz CT molecular complexity index is 371. The standard InChI is InChI=1S/C14H25N3O2/c1-18-14(19-2)13-9-16-10-17(13)12(8-15)11-6-4-3-5-7-11/h9-12,14H,3-8,15H2,1-2H3. The Hall–Kier alpha value is -0.910. The van der Waals surface area contributed by atoms with Gasteiger partial charge in [0.2, 0.25) is 0 Å². The van der Waals surface area contributed by atoms with Crippen molar-refractivity contribution < 1.29 is 9.47 Å². The number of imidazole rings is 1. The molecule has 5 heteroatoms. The highest BCUT2D eigenvalue weighted by Gasteiger charge is 2.27. The van der Waals surface area contributed by atoms with Gasteiger partial charge in [0.15, 0.2) is 6.29 Å². The molecular formula is C14H25N3O2. The second-order valence-corrected chi connectivity index (χ2v) is 5.23. The van der Waals surface area contributed by atoms with Crippen molar-refractivity contribution in [1.29, 1.82) is 0 Å². The van der Waals surface area contributed by atoms with Crippen molar-refractivity contribution in [3.8, 4) is 0 Å². The molecular weight excluding hydrogens is 242 g/mol. The Kier molecular flexibility index (Phi) is 5.36. The molecule has 1 fully saturated rings. The lowest BCUT2D eigenvalue weighted by Crippen LogP contribution is -2.30. The van der Waals surface area contributed by atoms with E-state index in [1.54, 1.807) is 14.2 Å². The quantitative estimate of drug-likeness (QED) is 0.803. The lowest BCUT2D eigenvalue weighted by molar-refractivity contribution is -0.111. The summed E-state index contributed by atoms with van der Waals surface area (Å²) in [4.78, 5) is 4.25. The van der Waals surface area contributed by atoms with Crippen LogP contribution < -0.4 is 5.73 Å².